The average molecular weight is 223 g/mol. The lowest BCUT2D eigenvalue weighted by Gasteiger charge is -2.02. The van der Waals surface area contributed by atoms with Crippen molar-refractivity contribution in [3.8, 4) is 11.3 Å². The lowest BCUT2D eigenvalue weighted by atomic mass is 10.2. The minimum Gasteiger partial charge on any atom is -0.244 e. The van der Waals surface area contributed by atoms with Crippen LogP contribution in [-0.2, 0) is 0 Å². The first-order valence-electron chi connectivity index (χ1n) is 5.19. The third kappa shape index (κ3) is 1.82. The Morgan fingerprint density at radius 3 is 2.88 bits per heavy atom. The molecule has 0 fully saturated rings. The normalized spacial score (nSPS) is 10.6. The molecule has 0 aliphatic heterocycles. The van der Waals surface area contributed by atoms with Crippen molar-refractivity contribution in [2.24, 2.45) is 0 Å². The SMILES string of the molecule is Cc1nccc(-c2cnc3ncncc3c2)n1. The molecule has 5 nitrogen and oxygen atoms in total. The van der Waals surface area contributed by atoms with Gasteiger partial charge in [0.05, 0.1) is 5.69 Å². The van der Waals surface area contributed by atoms with Crippen LogP contribution in [0.3, 0.4) is 0 Å². The maximum atomic E-state index is 4.36. The van der Waals surface area contributed by atoms with Gasteiger partial charge in [-0.15, -0.1) is 0 Å². The van der Waals surface area contributed by atoms with Crippen LogP contribution < -0.4 is 0 Å². The predicted molar refractivity (Wildman–Crippen MR) is 63.1 cm³/mol. The van der Waals surface area contributed by atoms with Crippen LogP contribution in [0.5, 0.6) is 0 Å². The van der Waals surface area contributed by atoms with E-state index in [0.717, 1.165) is 22.5 Å². The van der Waals surface area contributed by atoms with Crippen molar-refractivity contribution < 1.29 is 0 Å². The third-order valence-corrected chi connectivity index (χ3v) is 2.43. The molecule has 0 unspecified atom stereocenters. The van der Waals surface area contributed by atoms with Gasteiger partial charge in [-0.3, -0.25) is 0 Å². The second kappa shape index (κ2) is 3.86. The van der Waals surface area contributed by atoms with Gasteiger partial charge in [0.2, 0.25) is 0 Å². The summed E-state index contributed by atoms with van der Waals surface area (Å²) in [6.45, 7) is 1.86. The van der Waals surface area contributed by atoms with Crippen molar-refractivity contribution in [3.63, 3.8) is 0 Å². The van der Waals surface area contributed by atoms with Gasteiger partial charge in [0.15, 0.2) is 5.65 Å². The highest BCUT2D eigenvalue weighted by molar-refractivity contribution is 5.78. The van der Waals surface area contributed by atoms with E-state index in [0.29, 0.717) is 5.65 Å². The molecule has 0 amide bonds. The molecular weight excluding hydrogens is 214 g/mol. The minimum atomic E-state index is 0.689. The van der Waals surface area contributed by atoms with Crippen LogP contribution in [0.25, 0.3) is 22.3 Å². The number of nitrogens with zero attached hydrogens (tertiary/aromatic N) is 5. The second-order valence-electron chi connectivity index (χ2n) is 3.65. The van der Waals surface area contributed by atoms with Crippen molar-refractivity contribution in [2.45, 2.75) is 6.92 Å². The fourth-order valence-electron chi connectivity index (χ4n) is 1.64. The zero-order valence-corrected chi connectivity index (χ0v) is 9.20. The summed E-state index contributed by atoms with van der Waals surface area (Å²) >= 11 is 0. The molecule has 0 radical (unpaired) electrons. The van der Waals surface area contributed by atoms with Gasteiger partial charge in [-0.25, -0.2) is 24.9 Å². The molecule has 5 heteroatoms. The molecule has 3 aromatic rings. The van der Waals surface area contributed by atoms with Crippen molar-refractivity contribution in [1.29, 1.82) is 0 Å². The summed E-state index contributed by atoms with van der Waals surface area (Å²) in [7, 11) is 0. The standard InChI is InChI=1S/C12H9N5/c1-8-14-3-2-11(17-8)9-4-10-5-13-7-16-12(10)15-6-9/h2-7H,1H3. The fourth-order valence-corrected chi connectivity index (χ4v) is 1.64. The molecule has 82 valence electrons. The number of aromatic nitrogens is 5. The number of fused-ring (bicyclic) bond motifs is 1. The number of rotatable bonds is 1. The first kappa shape index (κ1) is 9.77. The molecule has 0 N–H and O–H groups in total. The Kier molecular flexibility index (Phi) is 2.22. The molecule has 0 aliphatic rings. The van der Waals surface area contributed by atoms with Crippen LogP contribution in [0.15, 0.2) is 37.1 Å². The van der Waals surface area contributed by atoms with E-state index in [1.54, 1.807) is 18.6 Å². The van der Waals surface area contributed by atoms with Gasteiger partial charge in [-0.1, -0.05) is 0 Å². The number of pyridine rings is 1. The van der Waals surface area contributed by atoms with Crippen LogP contribution in [0, 0.1) is 6.92 Å². The highest BCUT2D eigenvalue weighted by atomic mass is 14.9. The predicted octanol–water partition coefficient (Wildman–Crippen LogP) is 1.79. The van der Waals surface area contributed by atoms with E-state index in [1.165, 1.54) is 6.33 Å². The van der Waals surface area contributed by atoms with Gasteiger partial charge in [0.1, 0.15) is 12.2 Å². The van der Waals surface area contributed by atoms with Crippen LogP contribution in [0.4, 0.5) is 0 Å². The summed E-state index contributed by atoms with van der Waals surface area (Å²) in [6.07, 6.45) is 6.73. The number of aryl methyl sites for hydroxylation is 1. The Bertz CT molecular complexity index is 680. The van der Waals surface area contributed by atoms with E-state index in [9.17, 15) is 0 Å². The van der Waals surface area contributed by atoms with Gasteiger partial charge in [-0.05, 0) is 19.1 Å². The topological polar surface area (TPSA) is 64.5 Å². The number of hydrogen-bond acceptors (Lipinski definition) is 5. The monoisotopic (exact) mass is 223 g/mol. The summed E-state index contributed by atoms with van der Waals surface area (Å²) < 4.78 is 0. The lowest BCUT2D eigenvalue weighted by Crippen LogP contribution is -1.91. The van der Waals surface area contributed by atoms with Gasteiger partial charge in [0.25, 0.3) is 0 Å². The summed E-state index contributed by atoms with van der Waals surface area (Å²) in [6, 6.07) is 3.84. The maximum Gasteiger partial charge on any atom is 0.162 e. The quantitative estimate of drug-likeness (QED) is 0.629. The second-order valence-corrected chi connectivity index (χ2v) is 3.65. The highest BCUT2D eigenvalue weighted by Gasteiger charge is 2.03. The van der Waals surface area contributed by atoms with Gasteiger partial charge >= 0.3 is 0 Å². The molecule has 0 bridgehead atoms. The van der Waals surface area contributed by atoms with Crippen LogP contribution in [-0.4, -0.2) is 24.9 Å². The maximum absolute atomic E-state index is 4.36. The molecular formula is C12H9N5. The van der Waals surface area contributed by atoms with Crippen molar-refractivity contribution in [3.05, 3.63) is 42.9 Å². The van der Waals surface area contributed by atoms with Gasteiger partial charge in [0, 0.05) is 29.5 Å². The molecule has 3 aromatic heterocycles. The van der Waals surface area contributed by atoms with Crippen molar-refractivity contribution in [2.75, 3.05) is 0 Å². The van der Waals surface area contributed by atoms with E-state index in [-0.39, 0.29) is 0 Å². The molecule has 0 aliphatic carbocycles. The summed E-state index contributed by atoms with van der Waals surface area (Å²) in [4.78, 5) is 20.8. The Morgan fingerprint density at radius 1 is 1.06 bits per heavy atom. The lowest BCUT2D eigenvalue weighted by molar-refractivity contribution is 1.06. The smallest absolute Gasteiger partial charge is 0.162 e. The van der Waals surface area contributed by atoms with E-state index in [4.69, 9.17) is 0 Å². The molecule has 0 spiro atoms. The van der Waals surface area contributed by atoms with Crippen LogP contribution in [0.1, 0.15) is 5.82 Å². The molecule has 3 heterocycles. The molecule has 0 aromatic carbocycles. The highest BCUT2D eigenvalue weighted by Crippen LogP contribution is 2.18. The summed E-state index contributed by atoms with van der Waals surface area (Å²) in [5.41, 5.74) is 2.49. The first-order chi connectivity index (χ1) is 8.33. The summed E-state index contributed by atoms with van der Waals surface area (Å²) in [5, 5.41) is 0.904. The molecule has 0 saturated heterocycles. The van der Waals surface area contributed by atoms with E-state index < -0.39 is 0 Å². The summed E-state index contributed by atoms with van der Waals surface area (Å²) in [5.74, 6) is 0.743. The van der Waals surface area contributed by atoms with E-state index in [2.05, 4.69) is 24.9 Å². The van der Waals surface area contributed by atoms with Gasteiger partial charge in [-0.2, -0.15) is 0 Å². The third-order valence-electron chi connectivity index (χ3n) is 2.43. The molecule has 0 saturated carbocycles. The Hall–Kier alpha value is -2.43. The molecule has 3 rings (SSSR count). The first-order valence-corrected chi connectivity index (χ1v) is 5.19. The van der Waals surface area contributed by atoms with Crippen LogP contribution in [0.2, 0.25) is 0 Å². The molecule has 0 atom stereocenters. The van der Waals surface area contributed by atoms with Crippen molar-refractivity contribution in [1.82, 2.24) is 24.9 Å². The zero-order chi connectivity index (χ0) is 11.7. The Balaban J connectivity index is 2.18. The van der Waals surface area contributed by atoms with E-state index in [1.807, 2.05) is 19.1 Å². The zero-order valence-electron chi connectivity index (χ0n) is 9.20. The van der Waals surface area contributed by atoms with Gasteiger partial charge < -0.3 is 0 Å². The van der Waals surface area contributed by atoms with E-state index >= 15 is 0 Å². The fraction of sp³-hybridized carbons (Fsp3) is 0.0833. The minimum absolute atomic E-state index is 0.689. The molecule has 17 heavy (non-hydrogen) atoms. The Morgan fingerprint density at radius 2 is 2.00 bits per heavy atom. The van der Waals surface area contributed by atoms with Crippen molar-refractivity contribution >= 4 is 11.0 Å². The average Bonchev–Trinajstić information content (AvgIpc) is 2.38. The Labute approximate surface area is 97.6 Å². The largest absolute Gasteiger partial charge is 0.244 e. The number of hydrogen-bond donors (Lipinski definition) is 0. The van der Waals surface area contributed by atoms with Crippen LogP contribution >= 0.6 is 0 Å².